The van der Waals surface area contributed by atoms with Crippen molar-refractivity contribution in [3.05, 3.63) is 53.9 Å². The van der Waals surface area contributed by atoms with Crippen molar-refractivity contribution in [3.63, 3.8) is 0 Å². The minimum absolute atomic E-state index is 0.130. The van der Waals surface area contributed by atoms with E-state index in [1.54, 1.807) is 31.4 Å². The Kier molecular flexibility index (Phi) is 8.65. The van der Waals surface area contributed by atoms with Gasteiger partial charge in [-0.3, -0.25) is 14.6 Å². The molecule has 42 heavy (non-hydrogen) atoms. The number of pyridine rings is 1. The number of anilines is 1. The third-order valence-electron chi connectivity index (χ3n) is 9.46. The van der Waals surface area contributed by atoms with E-state index in [1.165, 1.54) is 75.0 Å². The molecule has 0 spiro atoms. The van der Waals surface area contributed by atoms with Crippen molar-refractivity contribution in [2.45, 2.75) is 64.3 Å². The standard InChI is InChI=1S/C33H43N5O4/c1-41-28-9-8-27(31(20-28)42-2)23-37-32(39)13-16-36(33(37)40)30-21-34-38-17-12-26(19-29(30)38)18-24-10-14-35(15-11-24)22-25-6-4-3-5-7-25/h8-9,12,17,19-21,24-25H,3-7,10-11,13-16,18,22-23H2,1-2H3. The number of piperidine rings is 1. The fourth-order valence-electron chi connectivity index (χ4n) is 7.01. The number of methoxy groups -OCH3 is 2. The van der Waals surface area contributed by atoms with Gasteiger partial charge in [0.1, 0.15) is 11.5 Å². The topological polar surface area (TPSA) is 79.6 Å². The van der Waals surface area contributed by atoms with Crippen LogP contribution in [0.4, 0.5) is 10.5 Å². The number of likely N-dealkylation sites (tertiary alicyclic amines) is 1. The highest BCUT2D eigenvalue weighted by atomic mass is 16.5. The Hall–Kier alpha value is -3.59. The van der Waals surface area contributed by atoms with Crippen LogP contribution in [0.1, 0.15) is 62.5 Å². The SMILES string of the molecule is COc1ccc(CN2C(=O)CCN(c3cnn4ccc(CC5CCN(CC6CCCCC6)CC5)cc34)C2=O)c(OC)c1. The van der Waals surface area contributed by atoms with Crippen LogP contribution in [-0.4, -0.2) is 71.8 Å². The number of fused-ring (bicyclic) bond motifs is 1. The Morgan fingerprint density at radius 3 is 2.48 bits per heavy atom. The molecule has 1 aliphatic carbocycles. The second kappa shape index (κ2) is 12.7. The first-order valence-electron chi connectivity index (χ1n) is 15.5. The van der Waals surface area contributed by atoms with Gasteiger partial charge in [-0.1, -0.05) is 19.3 Å². The Morgan fingerprint density at radius 2 is 1.71 bits per heavy atom. The zero-order chi connectivity index (χ0) is 29.1. The smallest absolute Gasteiger partial charge is 0.331 e. The quantitative estimate of drug-likeness (QED) is 0.334. The van der Waals surface area contributed by atoms with Gasteiger partial charge in [-0.25, -0.2) is 9.31 Å². The molecule has 0 bridgehead atoms. The lowest BCUT2D eigenvalue weighted by Crippen LogP contribution is -2.52. The largest absolute Gasteiger partial charge is 0.497 e. The molecule has 0 radical (unpaired) electrons. The molecule has 224 valence electrons. The van der Waals surface area contributed by atoms with Crippen molar-refractivity contribution in [2.75, 3.05) is 45.3 Å². The fourth-order valence-corrected chi connectivity index (χ4v) is 7.01. The van der Waals surface area contributed by atoms with Gasteiger partial charge in [-0.2, -0.15) is 5.10 Å². The lowest BCUT2D eigenvalue weighted by atomic mass is 9.87. The number of ether oxygens (including phenoxy) is 2. The summed E-state index contributed by atoms with van der Waals surface area (Å²) < 4.78 is 12.6. The first kappa shape index (κ1) is 28.5. The maximum atomic E-state index is 13.7. The van der Waals surface area contributed by atoms with Crippen molar-refractivity contribution in [2.24, 2.45) is 11.8 Å². The van der Waals surface area contributed by atoms with E-state index < -0.39 is 0 Å². The number of carbonyl (C=O) groups excluding carboxylic acids is 2. The summed E-state index contributed by atoms with van der Waals surface area (Å²) in [6, 6.07) is 9.40. The van der Waals surface area contributed by atoms with Crippen molar-refractivity contribution in [1.29, 1.82) is 0 Å². The highest BCUT2D eigenvalue weighted by Crippen LogP contribution is 2.32. The number of benzene rings is 1. The van der Waals surface area contributed by atoms with E-state index in [0.717, 1.165) is 29.1 Å². The molecule has 3 aromatic rings. The minimum Gasteiger partial charge on any atom is -0.497 e. The second-order valence-corrected chi connectivity index (χ2v) is 12.2. The molecule has 1 saturated carbocycles. The van der Waals surface area contributed by atoms with Crippen LogP contribution < -0.4 is 14.4 Å². The first-order valence-corrected chi connectivity index (χ1v) is 15.5. The van der Waals surface area contributed by atoms with E-state index in [9.17, 15) is 9.59 Å². The molecule has 2 aliphatic heterocycles. The van der Waals surface area contributed by atoms with Gasteiger partial charge in [-0.05, 0) is 86.9 Å². The van der Waals surface area contributed by atoms with E-state index in [-0.39, 0.29) is 24.9 Å². The number of rotatable bonds is 9. The van der Waals surface area contributed by atoms with Gasteiger partial charge in [-0.15, -0.1) is 0 Å². The van der Waals surface area contributed by atoms with Gasteiger partial charge in [0.15, 0.2) is 0 Å². The molecule has 3 amide bonds. The molecule has 0 atom stereocenters. The summed E-state index contributed by atoms with van der Waals surface area (Å²) in [5.74, 6) is 2.61. The van der Waals surface area contributed by atoms with Gasteiger partial charge in [0.25, 0.3) is 0 Å². The van der Waals surface area contributed by atoms with Crippen LogP contribution in [-0.2, 0) is 17.8 Å². The Morgan fingerprint density at radius 1 is 0.905 bits per heavy atom. The number of imide groups is 1. The molecule has 1 aromatic carbocycles. The van der Waals surface area contributed by atoms with Crippen molar-refractivity contribution >= 4 is 23.1 Å². The van der Waals surface area contributed by atoms with Gasteiger partial charge >= 0.3 is 6.03 Å². The Balaban J connectivity index is 1.13. The van der Waals surface area contributed by atoms with Crippen molar-refractivity contribution in [3.8, 4) is 11.5 Å². The number of nitrogens with zero attached hydrogens (tertiary/aromatic N) is 5. The zero-order valence-electron chi connectivity index (χ0n) is 25.0. The molecule has 4 heterocycles. The van der Waals surface area contributed by atoms with Crippen LogP contribution in [0.25, 0.3) is 5.52 Å². The number of amides is 3. The van der Waals surface area contributed by atoms with Crippen LogP contribution >= 0.6 is 0 Å². The molecule has 0 N–H and O–H groups in total. The monoisotopic (exact) mass is 573 g/mol. The number of urea groups is 1. The molecule has 9 heteroatoms. The average Bonchev–Trinajstić information content (AvgIpc) is 3.44. The van der Waals surface area contributed by atoms with Gasteiger partial charge in [0.2, 0.25) is 5.91 Å². The van der Waals surface area contributed by atoms with Gasteiger partial charge in [0.05, 0.1) is 38.2 Å². The van der Waals surface area contributed by atoms with E-state index in [2.05, 4.69) is 22.1 Å². The lowest BCUT2D eigenvalue weighted by molar-refractivity contribution is -0.129. The van der Waals surface area contributed by atoms with Crippen LogP contribution in [0.2, 0.25) is 0 Å². The number of aromatic nitrogens is 2. The molecule has 6 rings (SSSR count). The molecule has 3 fully saturated rings. The molecular weight excluding hydrogens is 530 g/mol. The van der Waals surface area contributed by atoms with Crippen LogP contribution in [0.3, 0.4) is 0 Å². The summed E-state index contributed by atoms with van der Waals surface area (Å²) in [5.41, 5.74) is 3.65. The van der Waals surface area contributed by atoms with E-state index in [4.69, 9.17) is 9.47 Å². The summed E-state index contributed by atoms with van der Waals surface area (Å²) >= 11 is 0. The predicted molar refractivity (Wildman–Crippen MR) is 162 cm³/mol. The zero-order valence-corrected chi connectivity index (χ0v) is 25.0. The van der Waals surface area contributed by atoms with Crippen LogP contribution in [0.5, 0.6) is 11.5 Å². The summed E-state index contributed by atoms with van der Waals surface area (Å²) in [4.78, 5) is 32.3. The predicted octanol–water partition coefficient (Wildman–Crippen LogP) is 5.55. The normalized spacial score (nSPS) is 19.6. The molecule has 2 aromatic heterocycles. The number of hydrogen-bond acceptors (Lipinski definition) is 6. The third kappa shape index (κ3) is 6.11. The maximum absolute atomic E-state index is 13.7. The highest BCUT2D eigenvalue weighted by Gasteiger charge is 2.35. The Bertz CT molecular complexity index is 1410. The third-order valence-corrected chi connectivity index (χ3v) is 9.46. The summed E-state index contributed by atoms with van der Waals surface area (Å²) in [7, 11) is 3.16. The number of hydrogen-bond donors (Lipinski definition) is 0. The van der Waals surface area contributed by atoms with E-state index >= 15 is 0 Å². The van der Waals surface area contributed by atoms with Gasteiger partial charge < -0.3 is 14.4 Å². The van der Waals surface area contributed by atoms with E-state index in [1.807, 2.05) is 22.8 Å². The molecule has 3 aliphatic rings. The van der Waals surface area contributed by atoms with Crippen molar-refractivity contribution < 1.29 is 19.1 Å². The van der Waals surface area contributed by atoms with Crippen molar-refractivity contribution in [1.82, 2.24) is 19.4 Å². The average molecular weight is 574 g/mol. The van der Waals surface area contributed by atoms with Crippen LogP contribution in [0.15, 0.2) is 42.7 Å². The minimum atomic E-state index is -0.338. The van der Waals surface area contributed by atoms with Crippen LogP contribution in [0, 0.1) is 11.8 Å². The summed E-state index contributed by atoms with van der Waals surface area (Å²) in [6.45, 7) is 4.15. The number of carbonyl (C=O) groups is 2. The molecule has 9 nitrogen and oxygen atoms in total. The molecular formula is C33H43N5O4. The first-order chi connectivity index (χ1) is 20.5. The van der Waals surface area contributed by atoms with E-state index in [0.29, 0.717) is 24.0 Å². The summed E-state index contributed by atoms with van der Waals surface area (Å²) in [6.07, 6.45) is 14.6. The summed E-state index contributed by atoms with van der Waals surface area (Å²) in [5, 5.41) is 4.53. The van der Waals surface area contributed by atoms with Gasteiger partial charge in [0, 0.05) is 37.3 Å². The lowest BCUT2D eigenvalue weighted by Gasteiger charge is -2.35. The second-order valence-electron chi connectivity index (χ2n) is 12.2. The molecule has 0 unspecified atom stereocenters. The highest BCUT2D eigenvalue weighted by molar-refractivity contribution is 6.07. The fraction of sp³-hybridized carbons (Fsp3) is 0.545. The Labute approximate surface area is 248 Å². The molecule has 2 saturated heterocycles. The maximum Gasteiger partial charge on any atom is 0.331 e.